The molecule has 2 aliphatic rings. The second-order valence-electron chi connectivity index (χ2n) is 16.5. The Labute approximate surface area is 318 Å². The molecule has 1 aromatic carbocycles. The maximum absolute atomic E-state index is 13.9. The van der Waals surface area contributed by atoms with Crippen LogP contribution in [0.5, 0.6) is 0 Å². The van der Waals surface area contributed by atoms with Crippen molar-refractivity contribution in [3.05, 3.63) is 65.0 Å². The van der Waals surface area contributed by atoms with E-state index in [0.717, 1.165) is 55.5 Å². The van der Waals surface area contributed by atoms with Crippen molar-refractivity contribution >= 4 is 21.8 Å². The van der Waals surface area contributed by atoms with E-state index in [1.807, 2.05) is 69.9 Å². The molecule has 296 valence electrons. The molecule has 11 nitrogen and oxygen atoms in total. The van der Waals surface area contributed by atoms with E-state index in [1.54, 1.807) is 0 Å². The molecule has 0 spiro atoms. The molecular weight excluding hydrogens is 691 g/mol. The van der Waals surface area contributed by atoms with Crippen LogP contribution in [-0.2, 0) is 45.2 Å². The van der Waals surface area contributed by atoms with Gasteiger partial charge in [0, 0.05) is 49.7 Å². The number of alkyl carbamates (subject to hydrolysis) is 1. The molecule has 0 bridgehead atoms. The molecule has 4 rings (SSSR count). The first kappa shape index (κ1) is 42.7. The third-order valence-electron chi connectivity index (χ3n) is 10.2. The third kappa shape index (κ3) is 13.0. The number of nitrogens with one attached hydrogen (secondary N) is 2. The van der Waals surface area contributed by atoms with Crippen molar-refractivity contribution < 1.29 is 27.9 Å². The largest absolute Gasteiger partial charge is 0.445 e. The van der Waals surface area contributed by atoms with Gasteiger partial charge in [-0.2, -0.15) is 0 Å². The summed E-state index contributed by atoms with van der Waals surface area (Å²) in [4.78, 5) is 36.6. The van der Waals surface area contributed by atoms with Gasteiger partial charge in [-0.15, -0.1) is 0 Å². The van der Waals surface area contributed by atoms with Gasteiger partial charge in [0.05, 0.1) is 17.9 Å². The number of aromatic nitrogens is 1. The van der Waals surface area contributed by atoms with Gasteiger partial charge in [-0.05, 0) is 88.5 Å². The van der Waals surface area contributed by atoms with E-state index in [-0.39, 0.29) is 30.5 Å². The highest BCUT2D eigenvalue weighted by Crippen LogP contribution is 2.29. The van der Waals surface area contributed by atoms with Gasteiger partial charge in [0.1, 0.15) is 17.4 Å². The number of carbonyl (C=O) groups is 2. The zero-order valence-corrected chi connectivity index (χ0v) is 34.0. The minimum atomic E-state index is -3.36. The summed E-state index contributed by atoms with van der Waals surface area (Å²) in [6.07, 6.45) is 4.35. The normalized spacial score (nSPS) is 22.0. The van der Waals surface area contributed by atoms with Crippen molar-refractivity contribution in [2.75, 3.05) is 31.9 Å². The highest BCUT2D eigenvalue weighted by atomic mass is 32.2. The number of rotatable bonds is 17. The van der Waals surface area contributed by atoms with Gasteiger partial charge >= 0.3 is 6.09 Å². The molecule has 53 heavy (non-hydrogen) atoms. The first-order valence-electron chi connectivity index (χ1n) is 19.8. The molecule has 0 aliphatic carbocycles. The number of amides is 2. The van der Waals surface area contributed by atoms with Gasteiger partial charge in [0.25, 0.3) is 0 Å². The number of ether oxygens (including phenoxy) is 1. The van der Waals surface area contributed by atoms with Crippen molar-refractivity contribution in [1.29, 1.82) is 0 Å². The average molecular weight is 756 g/mol. The number of unbranched alkanes of at least 4 members (excludes halogenated alkanes) is 2. The first-order valence-corrected chi connectivity index (χ1v) is 21.5. The minimum Gasteiger partial charge on any atom is -0.445 e. The number of aliphatic hydroxyl groups is 1. The van der Waals surface area contributed by atoms with Gasteiger partial charge in [0.15, 0.2) is 9.84 Å². The monoisotopic (exact) mass is 755 g/mol. The van der Waals surface area contributed by atoms with Crippen molar-refractivity contribution in [2.24, 2.45) is 5.92 Å². The maximum Gasteiger partial charge on any atom is 0.407 e. The second kappa shape index (κ2) is 19.5. The number of nitrogens with zero attached hydrogens (tertiary/aromatic N) is 3. The number of benzene rings is 1. The molecule has 3 N–H and O–H groups in total. The fraction of sp³-hybridized carbons (Fsp3) is 0.683. The summed E-state index contributed by atoms with van der Waals surface area (Å²) in [7, 11) is -3.36. The van der Waals surface area contributed by atoms with Crippen LogP contribution < -0.4 is 10.6 Å². The molecule has 2 fully saturated rings. The van der Waals surface area contributed by atoms with Crippen LogP contribution in [-0.4, -0.2) is 107 Å². The lowest BCUT2D eigenvalue weighted by Gasteiger charge is -2.43. The number of β-amino-alcohol motifs (C(OH)–C–C–N with tert-alkyl or cyclic N) is 1. The van der Waals surface area contributed by atoms with Gasteiger partial charge in [0.2, 0.25) is 5.91 Å². The molecule has 1 aromatic heterocycles. The zero-order chi connectivity index (χ0) is 38.8. The number of aliphatic hydroxyl groups excluding tert-OH is 1. The quantitative estimate of drug-likeness (QED) is 0.202. The Morgan fingerprint density at radius 3 is 2.23 bits per heavy atom. The molecule has 2 saturated heterocycles. The average Bonchev–Trinajstić information content (AvgIpc) is 3.39. The summed E-state index contributed by atoms with van der Waals surface area (Å²) < 4.78 is 31.1. The molecule has 2 aliphatic heterocycles. The summed E-state index contributed by atoms with van der Waals surface area (Å²) in [6, 6.07) is 12.7. The van der Waals surface area contributed by atoms with Gasteiger partial charge < -0.3 is 20.5 Å². The highest BCUT2D eigenvalue weighted by Gasteiger charge is 2.45. The van der Waals surface area contributed by atoms with E-state index in [1.165, 1.54) is 5.56 Å². The van der Waals surface area contributed by atoms with Crippen molar-refractivity contribution in [3.8, 4) is 0 Å². The topological polar surface area (TPSA) is 141 Å². The summed E-state index contributed by atoms with van der Waals surface area (Å²) in [5, 5.41) is 17.1. The third-order valence-corrected chi connectivity index (χ3v) is 12.7. The number of aryl methyl sites for hydroxylation is 2. The summed E-state index contributed by atoms with van der Waals surface area (Å²) in [5.41, 5.74) is 3.94. The lowest BCUT2D eigenvalue weighted by molar-refractivity contribution is -0.131. The van der Waals surface area contributed by atoms with Crippen LogP contribution in [0.2, 0.25) is 0 Å². The number of pyridine rings is 1. The standard InChI is InChI=1S/C41H65N5O6S/c1-8-10-17-32-23-31(24-33(42-32)18-11-9-2)26-45-20-21-46(35(27-45)39(48)44-41(5,6)7)28-36(47)34(25-30-15-13-12-14-16-30)43-40(49)52-37-19-22-53(50,51)38(37)29(3)4/h12-16,23-24,29,34-38,47H,8-11,17-22,25-28H2,1-7H3,(H,43,49)(H,44,48)/t34-,35-,36+,37+,38+/m0/s1. The zero-order valence-electron chi connectivity index (χ0n) is 33.1. The predicted octanol–water partition coefficient (Wildman–Crippen LogP) is 5.08. The van der Waals surface area contributed by atoms with Crippen LogP contribution in [0, 0.1) is 5.92 Å². The molecule has 5 atom stereocenters. The lowest BCUT2D eigenvalue weighted by Crippen LogP contribution is -2.63. The van der Waals surface area contributed by atoms with E-state index in [4.69, 9.17) is 9.72 Å². The molecule has 0 saturated carbocycles. The van der Waals surface area contributed by atoms with E-state index in [2.05, 4.69) is 41.5 Å². The number of hydrogen-bond donors (Lipinski definition) is 3. The summed E-state index contributed by atoms with van der Waals surface area (Å²) in [5.74, 6) is -0.328. The molecule has 2 amide bonds. The maximum atomic E-state index is 13.9. The smallest absolute Gasteiger partial charge is 0.407 e. The number of sulfone groups is 1. The number of hydrogen-bond acceptors (Lipinski definition) is 9. The second-order valence-corrected chi connectivity index (χ2v) is 18.7. The fourth-order valence-corrected chi connectivity index (χ4v) is 9.92. The van der Waals surface area contributed by atoms with Crippen LogP contribution in [0.4, 0.5) is 4.79 Å². The van der Waals surface area contributed by atoms with Crippen molar-refractivity contribution in [1.82, 2.24) is 25.4 Å². The predicted molar refractivity (Wildman–Crippen MR) is 210 cm³/mol. The van der Waals surface area contributed by atoms with Crippen LogP contribution in [0.15, 0.2) is 42.5 Å². The molecule has 2 aromatic rings. The molecule has 3 heterocycles. The van der Waals surface area contributed by atoms with Gasteiger partial charge in [-0.3, -0.25) is 19.6 Å². The Kier molecular flexibility index (Phi) is 15.7. The summed E-state index contributed by atoms with van der Waals surface area (Å²) >= 11 is 0. The van der Waals surface area contributed by atoms with Crippen LogP contribution in [0.25, 0.3) is 0 Å². The number of carbonyl (C=O) groups excluding carboxylic acids is 2. The lowest BCUT2D eigenvalue weighted by atomic mass is 9.99. The molecule has 12 heteroatoms. The van der Waals surface area contributed by atoms with Crippen molar-refractivity contribution in [2.45, 2.75) is 141 Å². The minimum absolute atomic E-state index is 0.0188. The van der Waals surface area contributed by atoms with Crippen molar-refractivity contribution in [3.63, 3.8) is 0 Å². The Morgan fingerprint density at radius 1 is 1.00 bits per heavy atom. The Hall–Kier alpha value is -3.06. The fourth-order valence-electron chi connectivity index (χ4n) is 7.60. The van der Waals surface area contributed by atoms with E-state index < -0.39 is 51.0 Å². The SMILES string of the molecule is CCCCc1cc(CN2CCN(C[C@@H](O)[C@H](Cc3ccccc3)NC(=O)O[C@@H]3CCS(=O)(=O)[C@@H]3C(C)C)[C@H](C(=O)NC(C)(C)C)C2)cc(CCCC)n1. The van der Waals surface area contributed by atoms with E-state index in [9.17, 15) is 23.1 Å². The molecular formula is C41H65N5O6S. The Bertz CT molecular complexity index is 1550. The van der Waals surface area contributed by atoms with Crippen LogP contribution >= 0.6 is 0 Å². The van der Waals surface area contributed by atoms with Crippen LogP contribution in [0.3, 0.4) is 0 Å². The molecule has 0 radical (unpaired) electrons. The Balaban J connectivity index is 1.52. The van der Waals surface area contributed by atoms with E-state index in [0.29, 0.717) is 32.6 Å². The van der Waals surface area contributed by atoms with Crippen LogP contribution in [0.1, 0.15) is 103 Å². The first-order chi connectivity index (χ1) is 25.1. The van der Waals surface area contributed by atoms with Gasteiger partial charge in [-0.25, -0.2) is 13.2 Å². The highest BCUT2D eigenvalue weighted by molar-refractivity contribution is 7.92. The number of piperazine rings is 1. The summed E-state index contributed by atoms with van der Waals surface area (Å²) in [6.45, 7) is 16.5. The Morgan fingerprint density at radius 2 is 1.64 bits per heavy atom. The molecule has 0 unspecified atom stereocenters. The van der Waals surface area contributed by atoms with E-state index >= 15 is 0 Å². The van der Waals surface area contributed by atoms with Gasteiger partial charge in [-0.1, -0.05) is 70.9 Å².